The summed E-state index contributed by atoms with van der Waals surface area (Å²) in [5.74, 6) is -9.02. The Kier molecular flexibility index (Phi) is 9.58. The van der Waals surface area contributed by atoms with Gasteiger partial charge in [-0.2, -0.15) is 31.4 Å². The number of carbonyl (C=O) groups excluding carboxylic acids is 4. The molecule has 306 valence electrons. The SMILES string of the molecule is COc1ccc(C23C(=O)N(Nc4ccc(Cl)cc4Cl)C(=O)C2CC2C(=CCC4C(=O)N(c5cc(C(F)(F)F)cc(C(F)(F)F)c5)C(=O)C42)C3c2ccc(O)c(C)c2)cc1. The zero-order valence-electron chi connectivity index (χ0n) is 30.8. The molecule has 0 radical (unpaired) electrons. The number of halogens is 8. The molecule has 6 atom stereocenters. The van der Waals surface area contributed by atoms with E-state index >= 15 is 4.79 Å². The lowest BCUT2D eigenvalue weighted by Crippen LogP contribution is -2.53. The molecule has 17 heteroatoms. The standard InChI is InChI=1S/C42H31Cl2F6N3O6/c1-19-13-20(3-12-33(19)54)35-27-9-10-28-34(38(57)52(36(28)55)25-15-22(41(45,46)47)14-23(16-25)42(48,49)50)29(27)18-30-37(56)53(51-32-11-6-24(43)17-31(32)44)39(58)40(30,35)21-4-7-26(59-2)8-5-21/h3-9,11-17,28-30,34-35,51,54H,10,18H2,1-2H3. The van der Waals surface area contributed by atoms with Crippen LogP contribution in [0.15, 0.2) is 90.5 Å². The number of hydrogen-bond acceptors (Lipinski definition) is 7. The molecule has 2 N–H and O–H groups in total. The number of rotatable bonds is 6. The number of fused-ring (bicyclic) bond motifs is 4. The summed E-state index contributed by atoms with van der Waals surface area (Å²) in [5.41, 5.74) is -1.36. The average Bonchev–Trinajstić information content (AvgIpc) is 3.56. The van der Waals surface area contributed by atoms with Crippen molar-refractivity contribution in [2.24, 2.45) is 23.7 Å². The van der Waals surface area contributed by atoms with Crippen LogP contribution in [-0.4, -0.2) is 40.9 Å². The Morgan fingerprint density at radius 1 is 0.814 bits per heavy atom. The van der Waals surface area contributed by atoms with Gasteiger partial charge in [0, 0.05) is 10.9 Å². The maximum atomic E-state index is 15.4. The normalized spacial score (nSPS) is 25.5. The van der Waals surface area contributed by atoms with Gasteiger partial charge in [-0.3, -0.25) is 24.6 Å². The van der Waals surface area contributed by atoms with Crippen molar-refractivity contribution in [3.05, 3.63) is 128 Å². The number of alkyl halides is 6. The molecule has 4 aromatic carbocycles. The first-order chi connectivity index (χ1) is 27.8. The topological polar surface area (TPSA) is 116 Å². The molecule has 2 aliphatic carbocycles. The number of ether oxygens (including phenoxy) is 1. The maximum Gasteiger partial charge on any atom is 0.416 e. The molecule has 4 aliphatic rings. The molecule has 2 heterocycles. The van der Waals surface area contributed by atoms with Gasteiger partial charge in [-0.1, -0.05) is 59.1 Å². The van der Waals surface area contributed by atoms with Gasteiger partial charge in [-0.05, 0) is 97.0 Å². The highest BCUT2D eigenvalue weighted by molar-refractivity contribution is 6.36. The van der Waals surface area contributed by atoms with Crippen molar-refractivity contribution in [1.29, 1.82) is 0 Å². The molecular formula is C42H31Cl2F6N3O6. The number of amides is 4. The highest BCUT2D eigenvalue weighted by Crippen LogP contribution is 2.64. The Labute approximate surface area is 342 Å². The van der Waals surface area contributed by atoms with E-state index in [1.807, 2.05) is 0 Å². The first-order valence-corrected chi connectivity index (χ1v) is 18.9. The fraction of sp³-hybridized carbons (Fsp3) is 0.286. The monoisotopic (exact) mass is 857 g/mol. The Morgan fingerprint density at radius 2 is 1.47 bits per heavy atom. The highest BCUT2D eigenvalue weighted by Gasteiger charge is 2.70. The lowest BCUT2D eigenvalue weighted by molar-refractivity contribution is -0.143. The number of carbonyl (C=O) groups is 4. The third-order valence-electron chi connectivity index (χ3n) is 12.0. The van der Waals surface area contributed by atoms with Gasteiger partial charge >= 0.3 is 12.4 Å². The van der Waals surface area contributed by atoms with Crippen molar-refractivity contribution in [3.8, 4) is 11.5 Å². The number of hydrogen-bond donors (Lipinski definition) is 2. The van der Waals surface area contributed by atoms with Crippen LogP contribution in [0.3, 0.4) is 0 Å². The summed E-state index contributed by atoms with van der Waals surface area (Å²) >= 11 is 12.6. The van der Waals surface area contributed by atoms with Gasteiger partial charge in [0.1, 0.15) is 11.5 Å². The van der Waals surface area contributed by atoms with Gasteiger partial charge in [0.05, 0.1) is 57.8 Å². The molecule has 2 aliphatic heterocycles. The number of nitrogens with one attached hydrogen (secondary N) is 1. The fourth-order valence-corrected chi connectivity index (χ4v) is 9.85. The Bertz CT molecular complexity index is 2460. The quantitative estimate of drug-likeness (QED) is 0.113. The molecule has 6 unspecified atom stereocenters. The predicted octanol–water partition coefficient (Wildman–Crippen LogP) is 9.24. The second-order valence-corrected chi connectivity index (χ2v) is 15.9. The van der Waals surface area contributed by atoms with Gasteiger partial charge in [0.25, 0.3) is 11.8 Å². The van der Waals surface area contributed by atoms with E-state index in [0.717, 1.165) is 5.01 Å². The van der Waals surface area contributed by atoms with Crippen LogP contribution in [-0.2, 0) is 36.9 Å². The summed E-state index contributed by atoms with van der Waals surface area (Å²) in [4.78, 5) is 59.3. The molecule has 4 aromatic rings. The number of anilines is 2. The first kappa shape index (κ1) is 40.2. The molecule has 8 rings (SSSR count). The first-order valence-electron chi connectivity index (χ1n) is 18.2. The number of imide groups is 2. The highest BCUT2D eigenvalue weighted by atomic mass is 35.5. The number of aromatic hydroxyl groups is 1. The smallest absolute Gasteiger partial charge is 0.416 e. The van der Waals surface area contributed by atoms with E-state index in [0.29, 0.717) is 45.0 Å². The lowest BCUT2D eigenvalue weighted by Gasteiger charge is -2.50. The molecule has 3 fully saturated rings. The van der Waals surface area contributed by atoms with Crippen molar-refractivity contribution in [1.82, 2.24) is 5.01 Å². The van der Waals surface area contributed by atoms with E-state index in [9.17, 15) is 45.8 Å². The predicted molar refractivity (Wildman–Crippen MR) is 202 cm³/mol. The van der Waals surface area contributed by atoms with Crippen LogP contribution in [0.25, 0.3) is 0 Å². The van der Waals surface area contributed by atoms with E-state index in [4.69, 9.17) is 27.9 Å². The van der Waals surface area contributed by atoms with Gasteiger partial charge in [-0.15, -0.1) is 0 Å². The van der Waals surface area contributed by atoms with Crippen molar-refractivity contribution in [3.63, 3.8) is 0 Å². The molecule has 0 bridgehead atoms. The molecule has 1 saturated carbocycles. The van der Waals surface area contributed by atoms with E-state index in [2.05, 4.69) is 5.43 Å². The number of aryl methyl sites for hydroxylation is 1. The van der Waals surface area contributed by atoms with Gasteiger partial charge in [0.2, 0.25) is 11.8 Å². The van der Waals surface area contributed by atoms with Crippen LogP contribution in [0.4, 0.5) is 37.7 Å². The largest absolute Gasteiger partial charge is 0.508 e. The van der Waals surface area contributed by atoms with Crippen molar-refractivity contribution in [2.45, 2.75) is 43.5 Å². The second kappa shape index (κ2) is 14.0. The van der Waals surface area contributed by atoms with Crippen molar-refractivity contribution >= 4 is 58.2 Å². The number of allylic oxidation sites excluding steroid dienone is 2. The molecular weight excluding hydrogens is 827 g/mol. The number of methoxy groups -OCH3 is 1. The molecule has 2 saturated heterocycles. The molecule has 59 heavy (non-hydrogen) atoms. The van der Waals surface area contributed by atoms with Gasteiger partial charge in [0.15, 0.2) is 0 Å². The third kappa shape index (κ3) is 6.31. The minimum atomic E-state index is -5.25. The van der Waals surface area contributed by atoms with E-state index < -0.39 is 87.8 Å². The molecule has 4 amide bonds. The van der Waals surface area contributed by atoms with E-state index in [1.165, 1.54) is 31.4 Å². The Morgan fingerprint density at radius 3 is 2.07 bits per heavy atom. The Balaban J connectivity index is 1.31. The zero-order valence-corrected chi connectivity index (χ0v) is 32.3. The van der Waals surface area contributed by atoms with Gasteiger partial charge < -0.3 is 9.84 Å². The van der Waals surface area contributed by atoms with E-state index in [-0.39, 0.29) is 40.4 Å². The van der Waals surface area contributed by atoms with Crippen LogP contribution >= 0.6 is 23.2 Å². The van der Waals surface area contributed by atoms with Crippen LogP contribution in [0.5, 0.6) is 11.5 Å². The molecule has 0 spiro atoms. The summed E-state index contributed by atoms with van der Waals surface area (Å²) in [5, 5.41) is 11.8. The van der Waals surface area contributed by atoms with E-state index in [1.54, 1.807) is 49.4 Å². The number of nitrogens with zero attached hydrogens (tertiary/aromatic N) is 2. The Hall–Kier alpha value is -5.54. The van der Waals surface area contributed by atoms with Crippen molar-refractivity contribution < 1.29 is 55.4 Å². The minimum Gasteiger partial charge on any atom is -0.508 e. The number of phenolic OH excluding ortho intramolecular Hbond substituents is 1. The van der Waals surface area contributed by atoms with Crippen LogP contribution in [0.1, 0.15) is 46.6 Å². The third-order valence-corrected chi connectivity index (χ3v) is 12.5. The fourth-order valence-electron chi connectivity index (χ4n) is 9.40. The van der Waals surface area contributed by atoms with Crippen LogP contribution in [0.2, 0.25) is 10.0 Å². The van der Waals surface area contributed by atoms with Crippen LogP contribution in [0, 0.1) is 30.6 Å². The summed E-state index contributed by atoms with van der Waals surface area (Å²) in [7, 11) is 1.45. The number of benzene rings is 4. The summed E-state index contributed by atoms with van der Waals surface area (Å²) in [6.07, 6.45) is -9.22. The van der Waals surface area contributed by atoms with Crippen LogP contribution < -0.4 is 15.1 Å². The minimum absolute atomic E-state index is 0.0742. The maximum absolute atomic E-state index is 15.4. The average molecular weight is 859 g/mol. The second-order valence-electron chi connectivity index (χ2n) is 15.0. The molecule has 9 nitrogen and oxygen atoms in total. The summed E-state index contributed by atoms with van der Waals surface area (Å²) < 4.78 is 89.1. The van der Waals surface area contributed by atoms with Gasteiger partial charge in [-0.25, -0.2) is 4.90 Å². The van der Waals surface area contributed by atoms with Crippen molar-refractivity contribution in [2.75, 3.05) is 17.4 Å². The zero-order chi connectivity index (χ0) is 42.5. The number of phenols is 1. The summed E-state index contributed by atoms with van der Waals surface area (Å²) in [6.45, 7) is 1.63. The number of hydrazine groups is 1. The lowest BCUT2D eigenvalue weighted by atomic mass is 9.49. The molecule has 0 aromatic heterocycles. The summed E-state index contributed by atoms with van der Waals surface area (Å²) in [6, 6.07) is 16.1.